The fraction of sp³-hybridized carbons (Fsp3) is 0.471. The molecule has 4 heterocycles. The lowest BCUT2D eigenvalue weighted by atomic mass is 10.0. The van der Waals surface area contributed by atoms with E-state index in [1.54, 1.807) is 12.7 Å². The quantitative estimate of drug-likeness (QED) is 0.742. The fourth-order valence-electron chi connectivity index (χ4n) is 3.50. The monoisotopic (exact) mass is 310 g/mol. The Hall–Kier alpha value is -2.21. The van der Waals surface area contributed by atoms with Crippen LogP contribution in [0.15, 0.2) is 37.1 Å². The van der Waals surface area contributed by atoms with Gasteiger partial charge >= 0.3 is 0 Å². The van der Waals surface area contributed by atoms with E-state index >= 15 is 0 Å². The highest BCUT2D eigenvalue weighted by molar-refractivity contribution is 5.41. The van der Waals surface area contributed by atoms with E-state index < -0.39 is 0 Å². The number of aromatic nitrogens is 5. The molecule has 1 atom stereocenters. The van der Waals surface area contributed by atoms with Crippen molar-refractivity contribution in [3.63, 3.8) is 0 Å². The van der Waals surface area contributed by atoms with Gasteiger partial charge in [0, 0.05) is 24.5 Å². The van der Waals surface area contributed by atoms with Crippen molar-refractivity contribution in [2.24, 2.45) is 0 Å². The molecule has 1 unspecified atom stereocenters. The third kappa shape index (κ3) is 2.99. The van der Waals surface area contributed by atoms with E-state index in [4.69, 9.17) is 4.98 Å². The summed E-state index contributed by atoms with van der Waals surface area (Å²) in [5.74, 6) is 0. The number of imidazole rings is 1. The van der Waals surface area contributed by atoms with Gasteiger partial charge in [-0.1, -0.05) is 12.5 Å². The molecule has 23 heavy (non-hydrogen) atoms. The number of hydrogen-bond acceptors (Lipinski definition) is 4. The van der Waals surface area contributed by atoms with Crippen LogP contribution in [0.2, 0.25) is 0 Å². The van der Waals surface area contributed by atoms with Crippen LogP contribution < -0.4 is 0 Å². The minimum atomic E-state index is 0.511. The normalized spacial score (nSPS) is 19.4. The molecule has 0 N–H and O–H groups in total. The molecule has 0 saturated carbocycles. The molecule has 0 spiro atoms. The number of aryl methyl sites for hydroxylation is 1. The van der Waals surface area contributed by atoms with Crippen molar-refractivity contribution in [2.75, 3.05) is 6.54 Å². The third-order valence-corrected chi connectivity index (χ3v) is 4.72. The summed E-state index contributed by atoms with van der Waals surface area (Å²) in [5.41, 5.74) is 3.40. The third-order valence-electron chi connectivity index (χ3n) is 4.72. The van der Waals surface area contributed by atoms with Crippen LogP contribution in [-0.4, -0.2) is 41.6 Å². The summed E-state index contributed by atoms with van der Waals surface area (Å²) in [5, 5.41) is 4.26. The van der Waals surface area contributed by atoms with Gasteiger partial charge in [0.1, 0.15) is 18.3 Å². The van der Waals surface area contributed by atoms with Gasteiger partial charge in [-0.3, -0.25) is 9.58 Å². The van der Waals surface area contributed by atoms with Gasteiger partial charge in [0.05, 0.1) is 12.2 Å². The molecule has 0 bridgehead atoms. The van der Waals surface area contributed by atoms with Crippen LogP contribution in [0.3, 0.4) is 0 Å². The summed E-state index contributed by atoms with van der Waals surface area (Å²) in [6.07, 6.45) is 9.36. The summed E-state index contributed by atoms with van der Waals surface area (Å²) < 4.78 is 4.11. The number of pyridine rings is 1. The van der Waals surface area contributed by atoms with Gasteiger partial charge in [-0.2, -0.15) is 5.10 Å². The number of hydrogen-bond donors (Lipinski definition) is 0. The number of rotatable bonds is 4. The average Bonchev–Trinajstić information content (AvgIpc) is 3.19. The van der Waals surface area contributed by atoms with Crippen molar-refractivity contribution in [1.29, 1.82) is 0 Å². The molecule has 120 valence electrons. The zero-order chi connectivity index (χ0) is 15.6. The number of likely N-dealkylation sites (tertiary alicyclic amines) is 1. The minimum absolute atomic E-state index is 0.511. The number of piperidine rings is 1. The van der Waals surface area contributed by atoms with E-state index in [0.29, 0.717) is 6.04 Å². The van der Waals surface area contributed by atoms with Gasteiger partial charge in [-0.15, -0.1) is 0 Å². The van der Waals surface area contributed by atoms with E-state index in [1.165, 1.54) is 25.0 Å². The molecule has 1 saturated heterocycles. The van der Waals surface area contributed by atoms with Gasteiger partial charge in [-0.25, -0.2) is 9.97 Å². The maximum Gasteiger partial charge on any atom is 0.137 e. The molecule has 3 aromatic rings. The molecule has 0 aliphatic carbocycles. The zero-order valence-corrected chi connectivity index (χ0v) is 13.5. The van der Waals surface area contributed by atoms with E-state index in [2.05, 4.69) is 50.7 Å². The Kier molecular flexibility index (Phi) is 3.83. The average molecular weight is 310 g/mol. The highest BCUT2D eigenvalue weighted by atomic mass is 15.3. The Morgan fingerprint density at radius 3 is 3.04 bits per heavy atom. The second kappa shape index (κ2) is 6.12. The molecule has 0 amide bonds. The van der Waals surface area contributed by atoms with E-state index in [0.717, 1.165) is 31.0 Å². The summed E-state index contributed by atoms with van der Waals surface area (Å²) in [4.78, 5) is 11.4. The van der Waals surface area contributed by atoms with Crippen molar-refractivity contribution in [3.05, 3.63) is 48.4 Å². The lowest BCUT2D eigenvalue weighted by molar-refractivity contribution is 0.120. The topological polar surface area (TPSA) is 51.2 Å². The van der Waals surface area contributed by atoms with Crippen LogP contribution in [-0.2, 0) is 13.1 Å². The standard InChI is InChI=1S/C17H22N6/c1-14-5-4-7-17-20-15(10-23(14)17)9-21-8-3-2-6-16(21)11-22-13-18-12-19-22/h4-5,7,10,12-13,16H,2-3,6,8-9,11H2,1H3. The Morgan fingerprint density at radius 2 is 2.22 bits per heavy atom. The molecular weight excluding hydrogens is 288 g/mol. The molecule has 1 aliphatic rings. The first-order valence-corrected chi connectivity index (χ1v) is 8.30. The maximum atomic E-state index is 4.79. The second-order valence-electron chi connectivity index (χ2n) is 6.37. The van der Waals surface area contributed by atoms with Crippen LogP contribution in [0, 0.1) is 6.92 Å². The summed E-state index contributed by atoms with van der Waals surface area (Å²) >= 11 is 0. The van der Waals surface area contributed by atoms with Crippen LogP contribution >= 0.6 is 0 Å². The van der Waals surface area contributed by atoms with Gasteiger partial charge < -0.3 is 4.40 Å². The predicted molar refractivity (Wildman–Crippen MR) is 88.0 cm³/mol. The summed E-state index contributed by atoms with van der Waals surface area (Å²) in [7, 11) is 0. The summed E-state index contributed by atoms with van der Waals surface area (Å²) in [6, 6.07) is 6.76. The number of fused-ring (bicyclic) bond motifs is 1. The SMILES string of the molecule is Cc1cccc2nc(CN3CCCCC3Cn3cncn3)cn12. The van der Waals surface area contributed by atoms with Crippen molar-refractivity contribution in [1.82, 2.24) is 29.0 Å². The molecule has 3 aromatic heterocycles. The highest BCUT2D eigenvalue weighted by Gasteiger charge is 2.24. The zero-order valence-electron chi connectivity index (χ0n) is 13.5. The number of nitrogens with zero attached hydrogens (tertiary/aromatic N) is 6. The lowest BCUT2D eigenvalue weighted by Gasteiger charge is -2.35. The lowest BCUT2D eigenvalue weighted by Crippen LogP contribution is -2.41. The van der Waals surface area contributed by atoms with Gasteiger partial charge in [0.2, 0.25) is 0 Å². The van der Waals surface area contributed by atoms with Crippen LogP contribution in [0.1, 0.15) is 30.7 Å². The minimum Gasteiger partial charge on any atom is -0.304 e. The van der Waals surface area contributed by atoms with E-state index in [-0.39, 0.29) is 0 Å². The molecule has 0 aromatic carbocycles. The van der Waals surface area contributed by atoms with Gasteiger partial charge in [-0.05, 0) is 38.4 Å². The Balaban J connectivity index is 1.53. The largest absolute Gasteiger partial charge is 0.304 e. The van der Waals surface area contributed by atoms with Crippen molar-refractivity contribution >= 4 is 5.65 Å². The summed E-state index contributed by atoms with van der Waals surface area (Å²) in [6.45, 7) is 5.06. The second-order valence-corrected chi connectivity index (χ2v) is 6.37. The van der Waals surface area contributed by atoms with Crippen molar-refractivity contribution in [3.8, 4) is 0 Å². The molecule has 4 rings (SSSR count). The van der Waals surface area contributed by atoms with Crippen LogP contribution in [0.4, 0.5) is 0 Å². The molecular formula is C17H22N6. The fourth-order valence-corrected chi connectivity index (χ4v) is 3.50. The smallest absolute Gasteiger partial charge is 0.137 e. The molecule has 1 aliphatic heterocycles. The van der Waals surface area contributed by atoms with Crippen molar-refractivity contribution < 1.29 is 0 Å². The molecule has 6 nitrogen and oxygen atoms in total. The van der Waals surface area contributed by atoms with Gasteiger partial charge in [0.25, 0.3) is 0 Å². The Labute approximate surface area is 135 Å². The van der Waals surface area contributed by atoms with E-state index in [1.807, 2.05) is 4.68 Å². The van der Waals surface area contributed by atoms with E-state index in [9.17, 15) is 0 Å². The van der Waals surface area contributed by atoms with Crippen LogP contribution in [0.25, 0.3) is 5.65 Å². The first kappa shape index (κ1) is 14.4. The molecule has 0 radical (unpaired) electrons. The first-order valence-electron chi connectivity index (χ1n) is 8.30. The highest BCUT2D eigenvalue weighted by Crippen LogP contribution is 2.21. The first-order chi connectivity index (χ1) is 11.3. The van der Waals surface area contributed by atoms with Crippen molar-refractivity contribution in [2.45, 2.75) is 45.3 Å². The van der Waals surface area contributed by atoms with Gasteiger partial charge in [0.15, 0.2) is 0 Å². The maximum absolute atomic E-state index is 4.79. The predicted octanol–water partition coefficient (Wildman–Crippen LogP) is 2.29. The Morgan fingerprint density at radius 1 is 1.26 bits per heavy atom. The molecule has 6 heteroatoms. The van der Waals surface area contributed by atoms with Crippen LogP contribution in [0.5, 0.6) is 0 Å². The Bertz CT molecular complexity index is 776. The molecule has 1 fully saturated rings.